The van der Waals surface area contributed by atoms with Gasteiger partial charge in [0.1, 0.15) is 0 Å². The maximum atomic E-state index is 11.5. The van der Waals surface area contributed by atoms with Crippen molar-refractivity contribution in [3.63, 3.8) is 0 Å². The first-order chi connectivity index (χ1) is 6.60. The van der Waals surface area contributed by atoms with Gasteiger partial charge in [0.15, 0.2) is 0 Å². The highest BCUT2D eigenvalue weighted by molar-refractivity contribution is 9.11. The van der Waals surface area contributed by atoms with Gasteiger partial charge in [0.2, 0.25) is 5.91 Å². The van der Waals surface area contributed by atoms with Crippen molar-refractivity contribution in [2.75, 3.05) is 0 Å². The number of carbonyl (C=O) groups is 1. The molecule has 0 unspecified atom stereocenters. The van der Waals surface area contributed by atoms with Gasteiger partial charge in [-0.25, -0.2) is 0 Å². The standard InChI is InChI=1S/C9H11BrN2OS/c10-7-2-1-6(14-7)5-12-8(13)9(11)3-4-9/h1-2H,3-5,11H2,(H,12,13). The Morgan fingerprint density at radius 3 is 2.86 bits per heavy atom. The highest BCUT2D eigenvalue weighted by atomic mass is 79.9. The third-order valence-electron chi connectivity index (χ3n) is 2.29. The quantitative estimate of drug-likeness (QED) is 0.880. The molecule has 1 aromatic heterocycles. The van der Waals surface area contributed by atoms with Crippen LogP contribution in [0, 0.1) is 0 Å². The molecule has 1 aromatic rings. The molecular formula is C9H11BrN2OS. The van der Waals surface area contributed by atoms with Gasteiger partial charge >= 0.3 is 0 Å². The summed E-state index contributed by atoms with van der Waals surface area (Å²) in [6.07, 6.45) is 1.62. The van der Waals surface area contributed by atoms with Gasteiger partial charge in [0.05, 0.1) is 15.9 Å². The largest absolute Gasteiger partial charge is 0.350 e. The molecular weight excluding hydrogens is 264 g/mol. The molecule has 0 radical (unpaired) electrons. The monoisotopic (exact) mass is 274 g/mol. The van der Waals surface area contributed by atoms with E-state index in [1.807, 2.05) is 12.1 Å². The molecule has 1 aliphatic rings. The lowest BCUT2D eigenvalue weighted by Gasteiger charge is -2.08. The van der Waals surface area contributed by atoms with Crippen molar-refractivity contribution in [3.05, 3.63) is 20.8 Å². The van der Waals surface area contributed by atoms with E-state index in [1.165, 1.54) is 0 Å². The van der Waals surface area contributed by atoms with Gasteiger partial charge in [-0.05, 0) is 40.9 Å². The van der Waals surface area contributed by atoms with Crippen LogP contribution in [0.1, 0.15) is 17.7 Å². The lowest BCUT2D eigenvalue weighted by Crippen LogP contribution is -2.42. The van der Waals surface area contributed by atoms with E-state index in [-0.39, 0.29) is 5.91 Å². The number of hydrogen-bond acceptors (Lipinski definition) is 3. The van der Waals surface area contributed by atoms with Crippen LogP contribution < -0.4 is 11.1 Å². The van der Waals surface area contributed by atoms with Crippen LogP contribution >= 0.6 is 27.3 Å². The van der Waals surface area contributed by atoms with E-state index in [2.05, 4.69) is 21.2 Å². The highest BCUT2D eigenvalue weighted by Gasteiger charge is 2.45. The Labute approximate surface area is 94.8 Å². The first-order valence-electron chi connectivity index (χ1n) is 4.41. The predicted molar refractivity (Wildman–Crippen MR) is 60.0 cm³/mol. The normalized spacial score (nSPS) is 17.9. The number of hydrogen-bond donors (Lipinski definition) is 2. The van der Waals surface area contributed by atoms with Crippen LogP contribution in [0.15, 0.2) is 15.9 Å². The molecule has 76 valence electrons. The maximum absolute atomic E-state index is 11.5. The SMILES string of the molecule is NC1(C(=O)NCc2ccc(Br)s2)CC1. The number of amides is 1. The Balaban J connectivity index is 1.85. The highest BCUT2D eigenvalue weighted by Crippen LogP contribution is 2.32. The fourth-order valence-corrected chi connectivity index (χ4v) is 2.57. The molecule has 2 rings (SSSR count). The van der Waals surface area contributed by atoms with Crippen LogP contribution in [0.4, 0.5) is 0 Å². The first-order valence-corrected chi connectivity index (χ1v) is 6.02. The second-order valence-electron chi connectivity index (χ2n) is 3.54. The maximum Gasteiger partial charge on any atom is 0.240 e. The number of thiophene rings is 1. The average molecular weight is 275 g/mol. The minimum Gasteiger partial charge on any atom is -0.350 e. The van der Waals surface area contributed by atoms with Crippen molar-refractivity contribution in [3.8, 4) is 0 Å². The molecule has 0 spiro atoms. The topological polar surface area (TPSA) is 55.1 Å². The first kappa shape index (κ1) is 10.1. The van der Waals surface area contributed by atoms with Gasteiger partial charge in [-0.15, -0.1) is 11.3 Å². The molecule has 1 heterocycles. The molecule has 1 fully saturated rings. The van der Waals surface area contributed by atoms with Crippen LogP contribution in [0.5, 0.6) is 0 Å². The fraction of sp³-hybridized carbons (Fsp3) is 0.444. The Hall–Kier alpha value is -0.390. The summed E-state index contributed by atoms with van der Waals surface area (Å²) >= 11 is 4.99. The third-order valence-corrected chi connectivity index (χ3v) is 3.92. The summed E-state index contributed by atoms with van der Waals surface area (Å²) in [7, 11) is 0. The van der Waals surface area contributed by atoms with E-state index in [4.69, 9.17) is 5.73 Å². The molecule has 3 nitrogen and oxygen atoms in total. The zero-order valence-electron chi connectivity index (χ0n) is 7.55. The van der Waals surface area contributed by atoms with Gasteiger partial charge in [-0.2, -0.15) is 0 Å². The minimum atomic E-state index is -0.561. The zero-order chi connectivity index (χ0) is 10.2. The molecule has 0 aliphatic heterocycles. The van der Waals surface area contributed by atoms with Gasteiger partial charge in [0, 0.05) is 4.88 Å². The summed E-state index contributed by atoms with van der Waals surface area (Å²) in [5.41, 5.74) is 5.18. The molecule has 1 amide bonds. The van der Waals surface area contributed by atoms with Crippen molar-refractivity contribution in [2.45, 2.75) is 24.9 Å². The number of rotatable bonds is 3. The van der Waals surface area contributed by atoms with Gasteiger partial charge < -0.3 is 11.1 Å². The molecule has 0 saturated heterocycles. The minimum absolute atomic E-state index is 0.0259. The van der Waals surface area contributed by atoms with E-state index in [0.29, 0.717) is 6.54 Å². The van der Waals surface area contributed by atoms with Crippen LogP contribution in [-0.4, -0.2) is 11.4 Å². The number of carbonyl (C=O) groups excluding carboxylic acids is 1. The van der Waals surface area contributed by atoms with Gasteiger partial charge in [0.25, 0.3) is 0 Å². The number of nitrogens with one attached hydrogen (secondary N) is 1. The lowest BCUT2D eigenvalue weighted by atomic mass is 10.3. The summed E-state index contributed by atoms with van der Waals surface area (Å²) in [6.45, 7) is 0.577. The number of halogens is 1. The molecule has 14 heavy (non-hydrogen) atoms. The molecule has 1 aliphatic carbocycles. The van der Waals surface area contributed by atoms with Crippen molar-refractivity contribution in [1.29, 1.82) is 0 Å². The van der Waals surface area contributed by atoms with Crippen LogP contribution in [0.3, 0.4) is 0 Å². The number of nitrogens with two attached hydrogens (primary N) is 1. The molecule has 5 heteroatoms. The second-order valence-corrected chi connectivity index (χ2v) is 6.09. The van der Waals surface area contributed by atoms with Crippen LogP contribution in [0.25, 0.3) is 0 Å². The summed E-state index contributed by atoms with van der Waals surface area (Å²) < 4.78 is 1.08. The van der Waals surface area contributed by atoms with Crippen molar-refractivity contribution >= 4 is 33.2 Å². The van der Waals surface area contributed by atoms with Gasteiger partial charge in [-0.3, -0.25) is 4.79 Å². The van der Waals surface area contributed by atoms with E-state index in [9.17, 15) is 4.79 Å². The second kappa shape index (κ2) is 3.64. The fourth-order valence-electron chi connectivity index (χ4n) is 1.15. The van der Waals surface area contributed by atoms with E-state index in [1.54, 1.807) is 11.3 Å². The molecule has 0 atom stereocenters. The Bertz CT molecular complexity index is 359. The Morgan fingerprint density at radius 1 is 1.64 bits per heavy atom. The molecule has 3 N–H and O–H groups in total. The van der Waals surface area contributed by atoms with E-state index < -0.39 is 5.54 Å². The van der Waals surface area contributed by atoms with E-state index >= 15 is 0 Å². The van der Waals surface area contributed by atoms with Crippen LogP contribution in [0.2, 0.25) is 0 Å². The van der Waals surface area contributed by atoms with Crippen molar-refractivity contribution < 1.29 is 4.79 Å². The molecule has 0 bridgehead atoms. The summed E-state index contributed by atoms with van der Waals surface area (Å²) in [4.78, 5) is 12.6. The van der Waals surface area contributed by atoms with Crippen molar-refractivity contribution in [2.24, 2.45) is 5.73 Å². The zero-order valence-corrected chi connectivity index (χ0v) is 9.95. The summed E-state index contributed by atoms with van der Waals surface area (Å²) in [6, 6.07) is 3.96. The van der Waals surface area contributed by atoms with Gasteiger partial charge in [-0.1, -0.05) is 0 Å². The lowest BCUT2D eigenvalue weighted by molar-refractivity contribution is -0.123. The smallest absolute Gasteiger partial charge is 0.240 e. The van der Waals surface area contributed by atoms with Crippen molar-refractivity contribution in [1.82, 2.24) is 5.32 Å². The molecule has 1 saturated carbocycles. The Morgan fingerprint density at radius 2 is 2.36 bits per heavy atom. The summed E-state index contributed by atoms with van der Waals surface area (Å²) in [5, 5.41) is 2.84. The van der Waals surface area contributed by atoms with E-state index in [0.717, 1.165) is 21.5 Å². The Kier molecular flexibility index (Phi) is 2.64. The van der Waals surface area contributed by atoms with Crippen LogP contribution in [-0.2, 0) is 11.3 Å². The average Bonchev–Trinajstić information content (AvgIpc) is 2.76. The third kappa shape index (κ3) is 2.16. The predicted octanol–water partition coefficient (Wildman–Crippen LogP) is 1.62. The summed E-state index contributed by atoms with van der Waals surface area (Å²) in [5.74, 6) is -0.0259. The molecule has 0 aromatic carbocycles.